The fourth-order valence-electron chi connectivity index (χ4n) is 1.74. The highest BCUT2D eigenvalue weighted by Gasteiger charge is 2.20. The second-order valence-corrected chi connectivity index (χ2v) is 5.49. The Morgan fingerprint density at radius 2 is 2.40 bits per heavy atom. The molecule has 0 aliphatic rings. The van der Waals surface area contributed by atoms with Crippen LogP contribution in [-0.2, 0) is 4.79 Å². The number of aromatic amines is 1. The molecule has 2 N–H and O–H groups in total. The molecule has 0 radical (unpaired) electrons. The Bertz CT molecular complexity index is 583. The first-order valence-electron chi connectivity index (χ1n) is 6.18. The monoisotopic (exact) mass is 404 g/mol. The summed E-state index contributed by atoms with van der Waals surface area (Å²) in [7, 11) is 0. The minimum absolute atomic E-state index is 0.0386. The van der Waals surface area contributed by atoms with Crippen LogP contribution >= 0.6 is 34.2 Å². The van der Waals surface area contributed by atoms with E-state index in [2.05, 4.69) is 43.1 Å². The third kappa shape index (κ3) is 3.29. The van der Waals surface area contributed by atoms with Crippen molar-refractivity contribution in [2.45, 2.75) is 13.3 Å². The standard InChI is InChI=1S/C13H14ClIN4O/c1-2-8(6-15)13(20)17-11-10(18-19-12(11)14)9-4-3-5-16-7-9/h3-5,7-8H,2,6H2,1H3,(H,17,20)(H,18,19). The molecule has 0 aliphatic heterocycles. The molecule has 0 spiro atoms. The Hall–Kier alpha value is -1.15. The molecule has 7 heteroatoms. The van der Waals surface area contributed by atoms with Gasteiger partial charge in [0, 0.05) is 28.3 Å². The number of anilines is 1. The van der Waals surface area contributed by atoms with E-state index in [9.17, 15) is 4.79 Å². The van der Waals surface area contributed by atoms with Crippen LogP contribution in [0.25, 0.3) is 11.3 Å². The summed E-state index contributed by atoms with van der Waals surface area (Å²) in [5.74, 6) is -0.0846. The molecular weight excluding hydrogens is 391 g/mol. The lowest BCUT2D eigenvalue weighted by Gasteiger charge is -2.12. The van der Waals surface area contributed by atoms with Gasteiger partial charge in [0.05, 0.1) is 5.69 Å². The van der Waals surface area contributed by atoms with Crippen LogP contribution in [0.1, 0.15) is 13.3 Å². The van der Waals surface area contributed by atoms with E-state index in [1.54, 1.807) is 12.4 Å². The number of alkyl halides is 1. The lowest BCUT2D eigenvalue weighted by atomic mass is 10.1. The lowest BCUT2D eigenvalue weighted by molar-refractivity contribution is -0.119. The topological polar surface area (TPSA) is 70.7 Å². The number of halogens is 2. The van der Waals surface area contributed by atoms with Crippen molar-refractivity contribution in [3.05, 3.63) is 29.7 Å². The van der Waals surface area contributed by atoms with Gasteiger partial charge in [0.15, 0.2) is 5.15 Å². The first-order valence-corrected chi connectivity index (χ1v) is 8.08. The lowest BCUT2D eigenvalue weighted by Crippen LogP contribution is -2.23. The maximum absolute atomic E-state index is 12.2. The third-order valence-electron chi connectivity index (χ3n) is 2.97. The van der Waals surface area contributed by atoms with Crippen molar-refractivity contribution in [1.82, 2.24) is 15.2 Å². The number of aromatic nitrogens is 3. The van der Waals surface area contributed by atoms with Crippen molar-refractivity contribution in [3.63, 3.8) is 0 Å². The normalized spacial score (nSPS) is 12.2. The zero-order valence-corrected chi connectivity index (χ0v) is 13.8. The van der Waals surface area contributed by atoms with E-state index < -0.39 is 0 Å². The molecule has 2 rings (SSSR count). The first kappa shape index (κ1) is 15.2. The number of pyridine rings is 1. The summed E-state index contributed by atoms with van der Waals surface area (Å²) in [5.41, 5.74) is 2.00. The molecule has 0 fully saturated rings. The van der Waals surface area contributed by atoms with Crippen molar-refractivity contribution in [2.75, 3.05) is 9.74 Å². The van der Waals surface area contributed by atoms with E-state index in [4.69, 9.17) is 11.6 Å². The van der Waals surface area contributed by atoms with Crippen molar-refractivity contribution in [2.24, 2.45) is 5.92 Å². The molecule has 0 saturated carbocycles. The molecule has 5 nitrogen and oxygen atoms in total. The highest BCUT2D eigenvalue weighted by atomic mass is 127. The average molecular weight is 405 g/mol. The molecule has 2 aromatic rings. The first-order chi connectivity index (χ1) is 9.67. The summed E-state index contributed by atoms with van der Waals surface area (Å²) < 4.78 is 0.762. The minimum Gasteiger partial charge on any atom is -0.321 e. The second-order valence-electron chi connectivity index (χ2n) is 4.25. The summed E-state index contributed by atoms with van der Waals surface area (Å²) in [5, 5.41) is 9.90. The number of rotatable bonds is 5. The number of carbonyl (C=O) groups is 1. The molecule has 1 amide bonds. The molecule has 0 saturated heterocycles. The molecular formula is C13H14ClIN4O. The van der Waals surface area contributed by atoms with Crippen LogP contribution in [0, 0.1) is 5.92 Å². The molecule has 2 aromatic heterocycles. The fraction of sp³-hybridized carbons (Fsp3) is 0.308. The largest absolute Gasteiger partial charge is 0.321 e. The van der Waals surface area contributed by atoms with Crippen LogP contribution in [-0.4, -0.2) is 25.5 Å². The Kier molecular flexibility index (Phi) is 5.36. The third-order valence-corrected chi connectivity index (χ3v) is 4.31. The van der Waals surface area contributed by atoms with Gasteiger partial charge in [0.25, 0.3) is 0 Å². The number of hydrogen-bond acceptors (Lipinski definition) is 3. The van der Waals surface area contributed by atoms with Gasteiger partial charge < -0.3 is 5.32 Å². The Morgan fingerprint density at radius 3 is 3.00 bits per heavy atom. The SMILES string of the molecule is CCC(CI)C(=O)Nc1c(Cl)n[nH]c1-c1cccnc1. The van der Waals surface area contributed by atoms with Crippen LogP contribution in [0.2, 0.25) is 5.15 Å². The number of amides is 1. The van der Waals surface area contributed by atoms with E-state index in [1.165, 1.54) is 0 Å². The predicted octanol–water partition coefficient (Wildman–Crippen LogP) is 3.52. The van der Waals surface area contributed by atoms with Crippen LogP contribution in [0.15, 0.2) is 24.5 Å². The molecule has 20 heavy (non-hydrogen) atoms. The number of nitrogens with zero attached hydrogens (tertiary/aromatic N) is 2. The highest BCUT2D eigenvalue weighted by molar-refractivity contribution is 14.1. The van der Waals surface area contributed by atoms with Gasteiger partial charge in [-0.15, -0.1) is 0 Å². The molecule has 0 aromatic carbocycles. The number of H-pyrrole nitrogens is 1. The molecule has 1 atom stereocenters. The van der Waals surface area contributed by atoms with Gasteiger partial charge >= 0.3 is 0 Å². The smallest absolute Gasteiger partial charge is 0.228 e. The zero-order valence-electron chi connectivity index (χ0n) is 10.9. The maximum Gasteiger partial charge on any atom is 0.228 e. The summed E-state index contributed by atoms with van der Waals surface area (Å²) in [6.45, 7) is 1.99. The van der Waals surface area contributed by atoms with Gasteiger partial charge in [-0.3, -0.25) is 14.9 Å². The second kappa shape index (κ2) is 7.03. The highest BCUT2D eigenvalue weighted by Crippen LogP contribution is 2.31. The van der Waals surface area contributed by atoms with Crippen LogP contribution in [0.3, 0.4) is 0 Å². The van der Waals surface area contributed by atoms with Crippen LogP contribution in [0.5, 0.6) is 0 Å². The summed E-state index contributed by atoms with van der Waals surface area (Å²) in [6.07, 6.45) is 4.16. The van der Waals surface area contributed by atoms with Crippen molar-refractivity contribution in [1.29, 1.82) is 0 Å². The van der Waals surface area contributed by atoms with E-state index in [0.29, 0.717) is 11.4 Å². The van der Waals surface area contributed by atoms with Crippen molar-refractivity contribution >= 4 is 45.8 Å². The minimum atomic E-state index is -0.0460. The van der Waals surface area contributed by atoms with E-state index >= 15 is 0 Å². The average Bonchev–Trinajstić information content (AvgIpc) is 2.82. The van der Waals surface area contributed by atoms with Gasteiger partial charge in [-0.25, -0.2) is 0 Å². The molecule has 2 heterocycles. The number of nitrogens with one attached hydrogen (secondary N) is 2. The maximum atomic E-state index is 12.2. The Balaban J connectivity index is 2.29. The number of carbonyl (C=O) groups excluding carboxylic acids is 1. The van der Waals surface area contributed by atoms with Gasteiger partial charge in [-0.05, 0) is 18.6 Å². The van der Waals surface area contributed by atoms with Crippen molar-refractivity contribution < 1.29 is 4.79 Å². The predicted molar refractivity (Wildman–Crippen MR) is 88.1 cm³/mol. The van der Waals surface area contributed by atoms with Crippen LogP contribution < -0.4 is 5.32 Å². The summed E-state index contributed by atoms with van der Waals surface area (Å²) in [4.78, 5) is 16.2. The summed E-state index contributed by atoms with van der Waals surface area (Å²) >= 11 is 8.26. The quantitative estimate of drug-likeness (QED) is 0.592. The molecule has 0 bridgehead atoms. The van der Waals surface area contributed by atoms with Crippen molar-refractivity contribution in [3.8, 4) is 11.3 Å². The van der Waals surface area contributed by atoms with E-state index in [-0.39, 0.29) is 17.0 Å². The van der Waals surface area contributed by atoms with Crippen LogP contribution in [0.4, 0.5) is 5.69 Å². The van der Waals surface area contributed by atoms with E-state index in [0.717, 1.165) is 16.4 Å². The molecule has 0 aliphatic carbocycles. The van der Waals surface area contributed by atoms with Gasteiger partial charge in [0.1, 0.15) is 5.69 Å². The van der Waals surface area contributed by atoms with Gasteiger partial charge in [-0.2, -0.15) is 5.10 Å². The zero-order chi connectivity index (χ0) is 14.5. The fourth-order valence-corrected chi connectivity index (χ4v) is 2.95. The Morgan fingerprint density at radius 1 is 1.60 bits per heavy atom. The molecule has 1 unspecified atom stereocenters. The number of hydrogen-bond donors (Lipinski definition) is 2. The van der Waals surface area contributed by atoms with E-state index in [1.807, 2.05) is 19.1 Å². The Labute approximate surface area is 135 Å². The molecule has 106 valence electrons. The van der Waals surface area contributed by atoms with Gasteiger partial charge in [0.2, 0.25) is 5.91 Å². The van der Waals surface area contributed by atoms with Gasteiger partial charge in [-0.1, -0.05) is 41.1 Å². The summed E-state index contributed by atoms with van der Waals surface area (Å²) in [6, 6.07) is 3.69.